The van der Waals surface area contributed by atoms with E-state index in [2.05, 4.69) is 22.4 Å². The summed E-state index contributed by atoms with van der Waals surface area (Å²) in [7, 11) is 0. The predicted octanol–water partition coefficient (Wildman–Crippen LogP) is 3.58. The molecular formula is C19H24N2O2S2. The third-order valence-electron chi connectivity index (χ3n) is 4.18. The predicted molar refractivity (Wildman–Crippen MR) is 105 cm³/mol. The van der Waals surface area contributed by atoms with E-state index in [1.165, 1.54) is 4.88 Å². The van der Waals surface area contributed by atoms with Crippen LogP contribution in [0.1, 0.15) is 11.8 Å². The Balaban J connectivity index is 1.40. The number of carbonyl (C=O) groups is 1. The topological polar surface area (TPSA) is 32.8 Å². The first-order valence-corrected chi connectivity index (χ1v) is 10.5. The fourth-order valence-electron chi connectivity index (χ4n) is 2.81. The Hall–Kier alpha value is -1.50. The maximum Gasteiger partial charge on any atom is 0.233 e. The minimum atomic E-state index is 0.231. The maximum absolute atomic E-state index is 12.4. The Labute approximate surface area is 157 Å². The number of nitrogens with zero attached hydrogens (tertiary/aromatic N) is 2. The van der Waals surface area contributed by atoms with E-state index in [9.17, 15) is 4.79 Å². The van der Waals surface area contributed by atoms with Gasteiger partial charge in [-0.2, -0.15) is 0 Å². The van der Waals surface area contributed by atoms with Gasteiger partial charge in [-0.25, -0.2) is 0 Å². The molecule has 0 spiro atoms. The summed E-state index contributed by atoms with van der Waals surface area (Å²) in [5, 5.41) is 2.12. The Kier molecular flexibility index (Phi) is 6.78. The van der Waals surface area contributed by atoms with Crippen LogP contribution in [0.2, 0.25) is 0 Å². The number of carbonyl (C=O) groups excluding carboxylic acids is 1. The fourth-order valence-corrected chi connectivity index (χ4v) is 4.36. The molecule has 0 saturated carbocycles. The number of amides is 1. The molecule has 1 amide bonds. The van der Waals surface area contributed by atoms with Gasteiger partial charge in [-0.1, -0.05) is 6.07 Å². The molecule has 1 saturated heterocycles. The summed E-state index contributed by atoms with van der Waals surface area (Å²) in [5.74, 6) is 1.61. The molecule has 1 aliphatic heterocycles. The second kappa shape index (κ2) is 9.27. The van der Waals surface area contributed by atoms with Gasteiger partial charge in [0.1, 0.15) is 5.75 Å². The summed E-state index contributed by atoms with van der Waals surface area (Å²) in [4.78, 5) is 19.3. The molecule has 2 heterocycles. The van der Waals surface area contributed by atoms with Crippen molar-refractivity contribution in [3.63, 3.8) is 0 Å². The molecule has 1 fully saturated rings. The standard InChI is InChI=1S/C19H24N2O2S2/c1-2-23-16-5-7-17(8-6-16)25-15-19(22)21-11-9-20(10-12-21)14-18-4-3-13-24-18/h3-8,13H,2,9-12,14-15H2,1H3. The molecule has 134 valence electrons. The lowest BCUT2D eigenvalue weighted by Gasteiger charge is -2.34. The largest absolute Gasteiger partial charge is 0.494 e. The van der Waals surface area contributed by atoms with Crippen LogP contribution in [0.4, 0.5) is 0 Å². The van der Waals surface area contributed by atoms with Gasteiger partial charge in [0.15, 0.2) is 0 Å². The van der Waals surface area contributed by atoms with Crippen molar-refractivity contribution in [2.45, 2.75) is 18.4 Å². The summed E-state index contributed by atoms with van der Waals surface area (Å²) in [6.45, 7) is 7.21. The number of rotatable bonds is 7. The van der Waals surface area contributed by atoms with Crippen LogP contribution in [0.15, 0.2) is 46.7 Å². The quantitative estimate of drug-likeness (QED) is 0.692. The van der Waals surface area contributed by atoms with E-state index in [1.807, 2.05) is 36.1 Å². The van der Waals surface area contributed by atoms with Crippen molar-refractivity contribution in [1.82, 2.24) is 9.80 Å². The number of hydrogen-bond acceptors (Lipinski definition) is 5. The Morgan fingerprint density at radius 1 is 1.16 bits per heavy atom. The molecule has 3 rings (SSSR count). The van der Waals surface area contributed by atoms with Crippen LogP contribution < -0.4 is 4.74 Å². The summed E-state index contributed by atoms with van der Waals surface area (Å²) >= 11 is 3.39. The molecule has 0 aliphatic carbocycles. The van der Waals surface area contributed by atoms with E-state index in [0.29, 0.717) is 12.4 Å². The second-order valence-electron chi connectivity index (χ2n) is 5.93. The highest BCUT2D eigenvalue weighted by molar-refractivity contribution is 8.00. The first-order chi connectivity index (χ1) is 12.2. The average Bonchev–Trinajstić information content (AvgIpc) is 3.15. The Morgan fingerprint density at radius 3 is 2.56 bits per heavy atom. The van der Waals surface area contributed by atoms with Crippen LogP contribution in [0.3, 0.4) is 0 Å². The maximum atomic E-state index is 12.4. The zero-order chi connectivity index (χ0) is 17.5. The van der Waals surface area contributed by atoms with Crippen LogP contribution in [0.25, 0.3) is 0 Å². The molecule has 6 heteroatoms. The molecule has 0 radical (unpaired) electrons. The van der Waals surface area contributed by atoms with E-state index < -0.39 is 0 Å². The van der Waals surface area contributed by atoms with Gasteiger partial charge in [0.25, 0.3) is 0 Å². The van der Waals surface area contributed by atoms with Gasteiger partial charge in [0, 0.05) is 42.5 Å². The van der Waals surface area contributed by atoms with E-state index >= 15 is 0 Å². The summed E-state index contributed by atoms with van der Waals surface area (Å²) < 4.78 is 5.44. The van der Waals surface area contributed by atoms with Gasteiger partial charge >= 0.3 is 0 Å². The molecule has 1 aromatic carbocycles. The number of ether oxygens (including phenoxy) is 1. The van der Waals surface area contributed by atoms with Crippen molar-refractivity contribution >= 4 is 29.0 Å². The number of thiophene rings is 1. The lowest BCUT2D eigenvalue weighted by Crippen LogP contribution is -2.48. The van der Waals surface area contributed by atoms with Crippen LogP contribution in [-0.4, -0.2) is 54.2 Å². The van der Waals surface area contributed by atoms with Crippen molar-refractivity contribution in [1.29, 1.82) is 0 Å². The van der Waals surface area contributed by atoms with Crippen molar-refractivity contribution < 1.29 is 9.53 Å². The normalized spacial score (nSPS) is 15.3. The zero-order valence-electron chi connectivity index (χ0n) is 14.5. The van der Waals surface area contributed by atoms with E-state index in [-0.39, 0.29) is 5.91 Å². The second-order valence-corrected chi connectivity index (χ2v) is 8.01. The summed E-state index contributed by atoms with van der Waals surface area (Å²) in [5.41, 5.74) is 0. The van der Waals surface area contributed by atoms with Gasteiger partial charge in [0.05, 0.1) is 12.4 Å². The van der Waals surface area contributed by atoms with Gasteiger partial charge in [0.2, 0.25) is 5.91 Å². The van der Waals surface area contributed by atoms with Crippen LogP contribution in [0, 0.1) is 0 Å². The van der Waals surface area contributed by atoms with E-state index in [0.717, 1.165) is 43.4 Å². The molecule has 25 heavy (non-hydrogen) atoms. The lowest BCUT2D eigenvalue weighted by molar-refractivity contribution is -0.130. The van der Waals surface area contributed by atoms with Gasteiger partial charge in [-0.05, 0) is 42.6 Å². The highest BCUT2D eigenvalue weighted by Crippen LogP contribution is 2.22. The van der Waals surface area contributed by atoms with Gasteiger partial charge < -0.3 is 9.64 Å². The number of hydrogen-bond donors (Lipinski definition) is 0. The van der Waals surface area contributed by atoms with Crippen LogP contribution >= 0.6 is 23.1 Å². The van der Waals surface area contributed by atoms with Crippen LogP contribution in [0.5, 0.6) is 5.75 Å². The van der Waals surface area contributed by atoms with E-state index in [1.54, 1.807) is 23.1 Å². The van der Waals surface area contributed by atoms with Crippen molar-refractivity contribution in [3.8, 4) is 5.75 Å². The minimum absolute atomic E-state index is 0.231. The fraction of sp³-hybridized carbons (Fsp3) is 0.421. The SMILES string of the molecule is CCOc1ccc(SCC(=O)N2CCN(Cc3cccs3)CC2)cc1. The number of thioether (sulfide) groups is 1. The summed E-state index contributed by atoms with van der Waals surface area (Å²) in [6.07, 6.45) is 0. The highest BCUT2D eigenvalue weighted by Gasteiger charge is 2.21. The smallest absolute Gasteiger partial charge is 0.233 e. The molecular weight excluding hydrogens is 352 g/mol. The third kappa shape index (κ3) is 5.49. The number of benzene rings is 1. The Morgan fingerprint density at radius 2 is 1.92 bits per heavy atom. The molecule has 0 unspecified atom stereocenters. The monoisotopic (exact) mass is 376 g/mol. The van der Waals surface area contributed by atoms with Crippen molar-refractivity contribution in [2.24, 2.45) is 0 Å². The zero-order valence-corrected chi connectivity index (χ0v) is 16.2. The average molecular weight is 377 g/mol. The van der Waals surface area contributed by atoms with Crippen LogP contribution in [-0.2, 0) is 11.3 Å². The lowest BCUT2D eigenvalue weighted by atomic mass is 10.3. The van der Waals surface area contributed by atoms with Crippen molar-refractivity contribution in [3.05, 3.63) is 46.7 Å². The summed E-state index contributed by atoms with van der Waals surface area (Å²) in [6, 6.07) is 12.2. The first kappa shape index (κ1) is 18.3. The molecule has 0 N–H and O–H groups in total. The van der Waals surface area contributed by atoms with Gasteiger partial charge in [-0.15, -0.1) is 23.1 Å². The molecule has 1 aromatic heterocycles. The molecule has 0 bridgehead atoms. The molecule has 2 aromatic rings. The molecule has 0 atom stereocenters. The third-order valence-corrected chi connectivity index (χ3v) is 6.04. The highest BCUT2D eigenvalue weighted by atomic mass is 32.2. The van der Waals surface area contributed by atoms with Crippen molar-refractivity contribution in [2.75, 3.05) is 38.5 Å². The molecule has 4 nitrogen and oxygen atoms in total. The Bertz CT molecular complexity index is 651. The first-order valence-electron chi connectivity index (χ1n) is 8.63. The number of piperazine rings is 1. The van der Waals surface area contributed by atoms with Gasteiger partial charge in [-0.3, -0.25) is 9.69 Å². The van der Waals surface area contributed by atoms with E-state index in [4.69, 9.17) is 4.74 Å². The molecule has 1 aliphatic rings. The minimum Gasteiger partial charge on any atom is -0.494 e.